The lowest BCUT2D eigenvalue weighted by Crippen LogP contribution is -2.23. The Morgan fingerprint density at radius 3 is 2.27 bits per heavy atom. The number of thioether (sulfide) groups is 1. The molecule has 0 heterocycles. The number of hydrogen-bond donors (Lipinski definition) is 1. The van der Waals surface area contributed by atoms with Gasteiger partial charge >= 0.3 is 0 Å². The van der Waals surface area contributed by atoms with Crippen LogP contribution < -0.4 is 5.32 Å². The second-order valence-corrected chi connectivity index (χ2v) is 4.85. The molecule has 0 amide bonds. The molecule has 0 saturated carbocycles. The molecule has 1 nitrogen and oxygen atoms in total. The van der Waals surface area contributed by atoms with Gasteiger partial charge in [0.25, 0.3) is 0 Å². The summed E-state index contributed by atoms with van der Waals surface area (Å²) in [5.41, 5.74) is 0. The molecule has 2 heteroatoms. The third-order valence-corrected chi connectivity index (χ3v) is 3.15. The van der Waals surface area contributed by atoms with Crippen LogP contribution in [0.25, 0.3) is 0 Å². The van der Waals surface area contributed by atoms with Crippen molar-refractivity contribution < 1.29 is 0 Å². The van der Waals surface area contributed by atoms with Gasteiger partial charge in [0.1, 0.15) is 0 Å². The van der Waals surface area contributed by atoms with Gasteiger partial charge < -0.3 is 5.32 Å². The molecule has 0 rings (SSSR count). The van der Waals surface area contributed by atoms with Crippen LogP contribution in [0, 0.1) is 0 Å². The SMILES string of the molecule is CCNCC(C)SC(C)CC. The average molecular weight is 175 g/mol. The Morgan fingerprint density at radius 1 is 1.18 bits per heavy atom. The Hall–Kier alpha value is 0.310. The van der Waals surface area contributed by atoms with E-state index in [9.17, 15) is 0 Å². The number of rotatable bonds is 6. The molecule has 11 heavy (non-hydrogen) atoms. The minimum atomic E-state index is 0.755. The van der Waals surface area contributed by atoms with Crippen LogP contribution in [0.4, 0.5) is 0 Å². The zero-order chi connectivity index (χ0) is 8.69. The first-order chi connectivity index (χ1) is 5.20. The standard InChI is InChI=1S/C9H21NS/c1-5-8(3)11-9(4)7-10-6-2/h8-10H,5-7H2,1-4H3. The van der Waals surface area contributed by atoms with Gasteiger partial charge in [-0.25, -0.2) is 0 Å². The van der Waals surface area contributed by atoms with Crippen molar-refractivity contribution >= 4 is 11.8 Å². The van der Waals surface area contributed by atoms with Crippen molar-refractivity contribution in [2.75, 3.05) is 13.1 Å². The second kappa shape index (κ2) is 6.99. The first-order valence-electron chi connectivity index (χ1n) is 4.56. The highest BCUT2D eigenvalue weighted by Crippen LogP contribution is 2.18. The van der Waals surface area contributed by atoms with Gasteiger partial charge in [0.2, 0.25) is 0 Å². The smallest absolute Gasteiger partial charge is 0.0146 e. The van der Waals surface area contributed by atoms with Gasteiger partial charge in [0.05, 0.1) is 0 Å². The topological polar surface area (TPSA) is 12.0 Å². The lowest BCUT2D eigenvalue weighted by molar-refractivity contribution is 0.709. The van der Waals surface area contributed by atoms with Crippen LogP contribution in [-0.2, 0) is 0 Å². The molecule has 68 valence electrons. The van der Waals surface area contributed by atoms with E-state index in [1.165, 1.54) is 6.42 Å². The zero-order valence-electron chi connectivity index (χ0n) is 8.18. The minimum Gasteiger partial charge on any atom is -0.316 e. The van der Waals surface area contributed by atoms with Gasteiger partial charge in [-0.3, -0.25) is 0 Å². The number of hydrogen-bond acceptors (Lipinski definition) is 2. The second-order valence-electron chi connectivity index (χ2n) is 2.97. The summed E-state index contributed by atoms with van der Waals surface area (Å²) in [7, 11) is 0. The Labute approximate surface area is 75.3 Å². The van der Waals surface area contributed by atoms with Crippen molar-refractivity contribution in [3.63, 3.8) is 0 Å². The molecular weight excluding hydrogens is 154 g/mol. The highest BCUT2D eigenvalue weighted by Gasteiger charge is 2.05. The minimum absolute atomic E-state index is 0.755. The zero-order valence-corrected chi connectivity index (χ0v) is 9.00. The van der Waals surface area contributed by atoms with Crippen LogP contribution in [0.3, 0.4) is 0 Å². The molecule has 0 bridgehead atoms. The van der Waals surface area contributed by atoms with Gasteiger partial charge in [0.15, 0.2) is 0 Å². The van der Waals surface area contributed by atoms with Gasteiger partial charge in [-0.2, -0.15) is 11.8 Å². The van der Waals surface area contributed by atoms with E-state index >= 15 is 0 Å². The molecular formula is C9H21NS. The molecule has 0 aromatic rings. The van der Waals surface area contributed by atoms with Crippen molar-refractivity contribution in [3.8, 4) is 0 Å². The molecule has 0 aliphatic carbocycles. The van der Waals surface area contributed by atoms with Crippen LogP contribution in [0.1, 0.15) is 34.1 Å². The molecule has 0 spiro atoms. The Balaban J connectivity index is 3.27. The quantitative estimate of drug-likeness (QED) is 0.666. The molecule has 1 N–H and O–H groups in total. The van der Waals surface area contributed by atoms with Crippen LogP contribution in [-0.4, -0.2) is 23.6 Å². The third kappa shape index (κ3) is 6.70. The summed E-state index contributed by atoms with van der Waals surface area (Å²) in [6, 6.07) is 0. The lowest BCUT2D eigenvalue weighted by atomic mass is 10.4. The summed E-state index contributed by atoms with van der Waals surface area (Å²) < 4.78 is 0. The Kier molecular flexibility index (Phi) is 7.18. The normalized spacial score (nSPS) is 16.4. The maximum Gasteiger partial charge on any atom is 0.0146 e. The molecule has 2 atom stereocenters. The van der Waals surface area contributed by atoms with Crippen molar-refractivity contribution in [2.45, 2.75) is 44.6 Å². The largest absolute Gasteiger partial charge is 0.316 e. The fourth-order valence-corrected chi connectivity index (χ4v) is 2.09. The van der Waals surface area contributed by atoms with Crippen molar-refractivity contribution in [1.82, 2.24) is 5.32 Å². The van der Waals surface area contributed by atoms with E-state index in [0.717, 1.165) is 23.6 Å². The van der Waals surface area contributed by atoms with Crippen molar-refractivity contribution in [1.29, 1.82) is 0 Å². The van der Waals surface area contributed by atoms with E-state index in [-0.39, 0.29) is 0 Å². The van der Waals surface area contributed by atoms with E-state index < -0.39 is 0 Å². The van der Waals surface area contributed by atoms with Gasteiger partial charge in [0, 0.05) is 17.0 Å². The van der Waals surface area contributed by atoms with Crippen LogP contribution in [0.2, 0.25) is 0 Å². The van der Waals surface area contributed by atoms with E-state index in [2.05, 4.69) is 44.8 Å². The van der Waals surface area contributed by atoms with Crippen LogP contribution >= 0.6 is 11.8 Å². The van der Waals surface area contributed by atoms with E-state index in [1.807, 2.05) is 0 Å². The summed E-state index contributed by atoms with van der Waals surface area (Å²) in [6.07, 6.45) is 1.28. The highest BCUT2D eigenvalue weighted by molar-refractivity contribution is 8.00. The summed E-state index contributed by atoms with van der Waals surface area (Å²) in [5, 5.41) is 4.92. The molecule has 0 aromatic heterocycles. The van der Waals surface area contributed by atoms with Gasteiger partial charge in [-0.05, 0) is 13.0 Å². The third-order valence-electron chi connectivity index (χ3n) is 1.72. The molecule has 0 radical (unpaired) electrons. The summed E-state index contributed by atoms with van der Waals surface area (Å²) >= 11 is 2.08. The average Bonchev–Trinajstić information content (AvgIpc) is 2.00. The summed E-state index contributed by atoms with van der Waals surface area (Å²) in [5.74, 6) is 0. The lowest BCUT2D eigenvalue weighted by Gasteiger charge is -2.15. The predicted molar refractivity (Wildman–Crippen MR) is 55.3 cm³/mol. The highest BCUT2D eigenvalue weighted by atomic mass is 32.2. The molecule has 0 saturated heterocycles. The maximum absolute atomic E-state index is 3.36. The summed E-state index contributed by atoms with van der Waals surface area (Å²) in [6.45, 7) is 11.2. The van der Waals surface area contributed by atoms with Crippen LogP contribution in [0.5, 0.6) is 0 Å². The molecule has 0 aromatic carbocycles. The Morgan fingerprint density at radius 2 is 1.82 bits per heavy atom. The van der Waals surface area contributed by atoms with Gasteiger partial charge in [-0.15, -0.1) is 0 Å². The molecule has 2 unspecified atom stereocenters. The molecule has 0 fully saturated rings. The van der Waals surface area contributed by atoms with Crippen molar-refractivity contribution in [3.05, 3.63) is 0 Å². The maximum atomic E-state index is 3.36. The summed E-state index contributed by atoms with van der Waals surface area (Å²) in [4.78, 5) is 0. The first-order valence-corrected chi connectivity index (χ1v) is 5.51. The Bertz CT molecular complexity index is 85.6. The first kappa shape index (κ1) is 11.3. The fourth-order valence-electron chi connectivity index (χ4n) is 0.889. The molecule has 0 aliphatic rings. The van der Waals surface area contributed by atoms with Crippen molar-refractivity contribution in [2.24, 2.45) is 0 Å². The molecule has 0 aliphatic heterocycles. The van der Waals surface area contributed by atoms with E-state index in [4.69, 9.17) is 0 Å². The van der Waals surface area contributed by atoms with E-state index in [0.29, 0.717) is 0 Å². The predicted octanol–water partition coefficient (Wildman–Crippen LogP) is 2.52. The van der Waals surface area contributed by atoms with Crippen LogP contribution in [0.15, 0.2) is 0 Å². The monoisotopic (exact) mass is 175 g/mol. The fraction of sp³-hybridized carbons (Fsp3) is 1.00. The van der Waals surface area contributed by atoms with Gasteiger partial charge in [-0.1, -0.05) is 27.7 Å². The number of nitrogens with one attached hydrogen (secondary N) is 1. The van der Waals surface area contributed by atoms with E-state index in [1.54, 1.807) is 0 Å².